The molecule has 0 aliphatic rings. The lowest BCUT2D eigenvalue weighted by Crippen LogP contribution is -2.12. The molecule has 1 heterocycles. The average molecular weight is 720 g/mol. The third kappa shape index (κ3) is 5.81. The number of nitrogens with zero attached hydrogens (tertiary/aromatic N) is 3. The van der Waals surface area contributed by atoms with Crippen molar-refractivity contribution < 1.29 is 4.42 Å². The van der Waals surface area contributed by atoms with Gasteiger partial charge in [0.25, 0.3) is 0 Å². The Bertz CT molecular complexity index is 2780. The summed E-state index contributed by atoms with van der Waals surface area (Å²) in [4.78, 5) is 6.97. The van der Waals surface area contributed by atoms with Crippen molar-refractivity contribution in [2.45, 2.75) is 0 Å². The van der Waals surface area contributed by atoms with Crippen LogP contribution in [-0.2, 0) is 0 Å². The Morgan fingerprint density at radius 2 is 0.589 bits per heavy atom. The molecule has 0 spiro atoms. The van der Waals surface area contributed by atoms with Gasteiger partial charge in [0.15, 0.2) is 11.2 Å². The van der Waals surface area contributed by atoms with E-state index in [4.69, 9.17) is 4.42 Å². The molecular weight excluding hydrogens is 683 g/mol. The lowest BCUT2D eigenvalue weighted by molar-refractivity contribution is 0.669. The van der Waals surface area contributed by atoms with Gasteiger partial charge in [0.05, 0.1) is 22.4 Å². The summed E-state index contributed by atoms with van der Waals surface area (Å²) in [5.41, 5.74) is 10.8. The van der Waals surface area contributed by atoms with Crippen molar-refractivity contribution in [3.05, 3.63) is 224 Å². The van der Waals surface area contributed by atoms with Crippen molar-refractivity contribution in [2.24, 2.45) is 0 Å². The minimum absolute atomic E-state index is 0.792. The summed E-state index contributed by atoms with van der Waals surface area (Å²) in [5, 5.41) is 4.33. The van der Waals surface area contributed by atoms with Crippen LogP contribution in [0.5, 0.6) is 0 Å². The van der Waals surface area contributed by atoms with Crippen LogP contribution < -0.4 is 14.7 Å². The Hall–Kier alpha value is -7.56. The highest BCUT2D eigenvalue weighted by molar-refractivity contribution is 6.28. The van der Waals surface area contributed by atoms with E-state index in [2.05, 4.69) is 239 Å². The van der Waals surface area contributed by atoms with E-state index in [-0.39, 0.29) is 0 Å². The van der Waals surface area contributed by atoms with E-state index in [1.165, 1.54) is 0 Å². The summed E-state index contributed by atoms with van der Waals surface area (Å²) < 4.78 is 7.52. The molecule has 266 valence electrons. The van der Waals surface area contributed by atoms with Crippen LogP contribution in [0.2, 0.25) is 0 Å². The molecule has 0 bridgehead atoms. The molecule has 4 heteroatoms. The van der Waals surface area contributed by atoms with E-state index >= 15 is 0 Å². The first-order valence-electron chi connectivity index (χ1n) is 19.0. The third-order valence-corrected chi connectivity index (χ3v) is 10.4. The van der Waals surface area contributed by atoms with Crippen LogP contribution in [0.1, 0.15) is 0 Å². The molecule has 0 saturated heterocycles. The van der Waals surface area contributed by atoms with Crippen LogP contribution in [0.4, 0.5) is 51.2 Å². The molecule has 0 radical (unpaired) electrons. The number of rotatable bonds is 9. The zero-order valence-electron chi connectivity index (χ0n) is 30.6. The first-order chi connectivity index (χ1) is 27.8. The van der Waals surface area contributed by atoms with Gasteiger partial charge in [-0.2, -0.15) is 0 Å². The van der Waals surface area contributed by atoms with Crippen molar-refractivity contribution in [2.75, 3.05) is 14.7 Å². The number of hydrogen-bond donors (Lipinski definition) is 0. The summed E-state index contributed by atoms with van der Waals surface area (Å²) in [6.45, 7) is 0. The minimum Gasteiger partial charge on any atom is -0.452 e. The summed E-state index contributed by atoms with van der Waals surface area (Å²) in [6, 6.07) is 78.9. The standard InChI is InChI=1S/C52H37N3O/c1-7-22-39(23-8-1)53(40-24-9-2-10-25-40)46-35-36-47(54(41-26-11-3-12-27-41)42-28-13-4-14-29-42)51-50(46)49-45-34-20-19-21-38(45)37-48(52(49)56-51)55(43-30-15-5-16-31-43)44-32-17-6-18-33-44/h1-37H. The molecule has 0 saturated carbocycles. The van der Waals surface area contributed by atoms with Gasteiger partial charge in [0, 0.05) is 39.5 Å². The predicted octanol–water partition coefficient (Wildman–Crippen LogP) is 15.1. The minimum atomic E-state index is 0.792. The van der Waals surface area contributed by atoms with Gasteiger partial charge in [-0.25, -0.2) is 0 Å². The SMILES string of the molecule is c1ccc(N(c2ccccc2)c2ccc(N(c3ccccc3)c3ccccc3)c3c2oc2c(N(c4ccccc4)c4ccccc4)cc4ccccc4c23)cc1. The van der Waals surface area contributed by atoms with Crippen LogP contribution >= 0.6 is 0 Å². The zero-order valence-corrected chi connectivity index (χ0v) is 30.6. The Kier molecular flexibility index (Phi) is 8.47. The topological polar surface area (TPSA) is 22.9 Å². The van der Waals surface area contributed by atoms with E-state index in [0.717, 1.165) is 83.9 Å². The van der Waals surface area contributed by atoms with Crippen molar-refractivity contribution in [1.29, 1.82) is 0 Å². The maximum absolute atomic E-state index is 7.52. The van der Waals surface area contributed by atoms with Gasteiger partial charge in [-0.15, -0.1) is 0 Å². The van der Waals surface area contributed by atoms with Gasteiger partial charge in [-0.05, 0) is 102 Å². The Morgan fingerprint density at radius 1 is 0.268 bits per heavy atom. The van der Waals surface area contributed by atoms with E-state index in [0.29, 0.717) is 0 Å². The second kappa shape index (κ2) is 14.3. The maximum atomic E-state index is 7.52. The highest BCUT2D eigenvalue weighted by Crippen LogP contribution is 2.53. The van der Waals surface area contributed by atoms with Crippen molar-refractivity contribution in [1.82, 2.24) is 0 Å². The third-order valence-electron chi connectivity index (χ3n) is 10.4. The number of fused-ring (bicyclic) bond motifs is 5. The normalized spacial score (nSPS) is 11.2. The van der Waals surface area contributed by atoms with Gasteiger partial charge in [-0.1, -0.05) is 133 Å². The second-order valence-electron chi connectivity index (χ2n) is 13.8. The lowest BCUT2D eigenvalue weighted by Gasteiger charge is -2.29. The molecule has 0 amide bonds. The van der Waals surface area contributed by atoms with Crippen molar-refractivity contribution in [3.8, 4) is 0 Å². The molecule has 9 aromatic carbocycles. The molecule has 0 atom stereocenters. The lowest BCUT2D eigenvalue weighted by atomic mass is 9.99. The molecule has 0 aliphatic heterocycles. The fourth-order valence-electron chi connectivity index (χ4n) is 7.95. The van der Waals surface area contributed by atoms with Gasteiger partial charge < -0.3 is 19.1 Å². The quantitative estimate of drug-likeness (QED) is 0.148. The molecule has 4 nitrogen and oxygen atoms in total. The van der Waals surface area contributed by atoms with Gasteiger partial charge in [0.2, 0.25) is 0 Å². The molecule has 0 fully saturated rings. The number of hydrogen-bond acceptors (Lipinski definition) is 4. The number of anilines is 9. The molecule has 10 rings (SSSR count). The van der Waals surface area contributed by atoms with E-state index < -0.39 is 0 Å². The summed E-state index contributed by atoms with van der Waals surface area (Å²) in [6.07, 6.45) is 0. The number of para-hydroxylation sites is 6. The summed E-state index contributed by atoms with van der Waals surface area (Å²) in [5.74, 6) is 0. The van der Waals surface area contributed by atoms with Crippen molar-refractivity contribution >= 4 is 83.9 Å². The van der Waals surface area contributed by atoms with Gasteiger partial charge in [0.1, 0.15) is 0 Å². The molecule has 0 unspecified atom stereocenters. The smallest absolute Gasteiger partial charge is 0.161 e. The van der Waals surface area contributed by atoms with E-state index in [9.17, 15) is 0 Å². The molecule has 0 N–H and O–H groups in total. The fourth-order valence-corrected chi connectivity index (χ4v) is 7.95. The van der Waals surface area contributed by atoms with E-state index in [1.54, 1.807) is 0 Å². The summed E-state index contributed by atoms with van der Waals surface area (Å²) >= 11 is 0. The molecule has 0 aliphatic carbocycles. The Balaban J connectivity index is 1.39. The van der Waals surface area contributed by atoms with Crippen LogP contribution in [0, 0.1) is 0 Å². The number of benzene rings is 9. The Morgan fingerprint density at radius 3 is 1.02 bits per heavy atom. The molecule has 1 aromatic heterocycles. The largest absolute Gasteiger partial charge is 0.452 e. The fraction of sp³-hybridized carbons (Fsp3) is 0. The Labute approximate surface area is 326 Å². The van der Waals surface area contributed by atoms with E-state index in [1.807, 2.05) is 0 Å². The molecule has 56 heavy (non-hydrogen) atoms. The monoisotopic (exact) mass is 719 g/mol. The second-order valence-corrected chi connectivity index (χ2v) is 13.8. The first-order valence-corrected chi connectivity index (χ1v) is 19.0. The van der Waals surface area contributed by atoms with Crippen molar-refractivity contribution in [3.63, 3.8) is 0 Å². The molecule has 10 aromatic rings. The van der Waals surface area contributed by atoms with Crippen LogP contribution in [0.3, 0.4) is 0 Å². The average Bonchev–Trinajstić information content (AvgIpc) is 3.69. The maximum Gasteiger partial charge on any atom is 0.161 e. The van der Waals surface area contributed by atoms with Crippen LogP contribution in [-0.4, -0.2) is 0 Å². The summed E-state index contributed by atoms with van der Waals surface area (Å²) in [7, 11) is 0. The van der Waals surface area contributed by atoms with Crippen LogP contribution in [0.15, 0.2) is 229 Å². The highest BCUT2D eigenvalue weighted by Gasteiger charge is 2.28. The molecular formula is C52H37N3O. The highest BCUT2D eigenvalue weighted by atomic mass is 16.3. The zero-order chi connectivity index (χ0) is 37.3. The van der Waals surface area contributed by atoms with Gasteiger partial charge in [-0.3, -0.25) is 0 Å². The van der Waals surface area contributed by atoms with Crippen LogP contribution in [0.25, 0.3) is 32.7 Å². The van der Waals surface area contributed by atoms with Gasteiger partial charge >= 0.3 is 0 Å². The number of furan rings is 1. The first kappa shape index (κ1) is 33.0. The predicted molar refractivity (Wildman–Crippen MR) is 235 cm³/mol.